The van der Waals surface area contributed by atoms with Gasteiger partial charge in [0, 0.05) is 12.2 Å². The molecule has 0 fully saturated rings. The summed E-state index contributed by atoms with van der Waals surface area (Å²) in [6.45, 7) is -0.168. The number of benzene rings is 1. The summed E-state index contributed by atoms with van der Waals surface area (Å²) in [5.41, 5.74) is 6.95. The summed E-state index contributed by atoms with van der Waals surface area (Å²) in [5.74, 6) is 0. The summed E-state index contributed by atoms with van der Waals surface area (Å²) < 4.78 is 36.7. The van der Waals surface area contributed by atoms with Gasteiger partial charge in [0.2, 0.25) is 0 Å². The lowest BCUT2D eigenvalue weighted by Crippen LogP contribution is -2.14. The van der Waals surface area contributed by atoms with Crippen molar-refractivity contribution >= 4 is 32.4 Å². The average molecular weight is 261 g/mol. The Morgan fingerprint density at radius 3 is 2.82 bits per heavy atom. The first-order chi connectivity index (χ1) is 7.94. The van der Waals surface area contributed by atoms with Gasteiger partial charge in [-0.3, -0.25) is 0 Å². The highest BCUT2D eigenvalue weighted by Gasteiger charge is 2.26. The first-order valence-corrected chi connectivity index (χ1v) is 5.72. The molecule has 2 aromatic rings. The van der Waals surface area contributed by atoms with E-state index < -0.39 is 12.6 Å². The van der Waals surface area contributed by atoms with E-state index in [4.69, 9.17) is 5.73 Å². The molecule has 0 aliphatic rings. The zero-order valence-corrected chi connectivity index (χ0v) is 9.53. The Kier molecular flexibility index (Phi) is 3.10. The second kappa shape index (κ2) is 4.40. The van der Waals surface area contributed by atoms with Crippen LogP contribution in [-0.2, 0) is 0 Å². The van der Waals surface area contributed by atoms with E-state index in [1.807, 2.05) is 0 Å². The minimum Gasteiger partial charge on any atom is -0.399 e. The van der Waals surface area contributed by atoms with Crippen molar-refractivity contribution in [3.63, 3.8) is 0 Å². The monoisotopic (exact) mass is 261 g/mol. The molecule has 0 saturated carbocycles. The predicted octanol–water partition coefficient (Wildman–Crippen LogP) is 3.24. The molecule has 0 radical (unpaired) electrons. The van der Waals surface area contributed by atoms with Crippen molar-refractivity contribution in [3.05, 3.63) is 18.2 Å². The molecule has 3 nitrogen and oxygen atoms in total. The molecule has 92 valence electrons. The second-order valence-electron chi connectivity index (χ2n) is 3.54. The Balaban J connectivity index is 2.05. The second-order valence-corrected chi connectivity index (χ2v) is 4.57. The number of aromatic nitrogens is 1. The first kappa shape index (κ1) is 12.0. The Morgan fingerprint density at radius 1 is 1.35 bits per heavy atom. The third kappa shape index (κ3) is 3.23. The zero-order chi connectivity index (χ0) is 12.5. The predicted molar refractivity (Wildman–Crippen MR) is 63.2 cm³/mol. The van der Waals surface area contributed by atoms with Crippen LogP contribution in [0.4, 0.5) is 24.0 Å². The van der Waals surface area contributed by atoms with Crippen molar-refractivity contribution in [2.45, 2.75) is 12.6 Å². The summed E-state index contributed by atoms with van der Waals surface area (Å²) in [7, 11) is 0. The quantitative estimate of drug-likeness (QED) is 0.834. The first-order valence-electron chi connectivity index (χ1n) is 4.91. The van der Waals surface area contributed by atoms with Gasteiger partial charge >= 0.3 is 6.18 Å². The van der Waals surface area contributed by atoms with Gasteiger partial charge in [-0.15, -0.1) is 0 Å². The lowest BCUT2D eigenvalue weighted by molar-refractivity contribution is -0.131. The van der Waals surface area contributed by atoms with E-state index in [0.717, 1.165) is 10.2 Å². The van der Waals surface area contributed by atoms with Crippen LogP contribution in [-0.4, -0.2) is 17.7 Å². The molecule has 7 heteroatoms. The van der Waals surface area contributed by atoms with Gasteiger partial charge in [0.25, 0.3) is 0 Å². The van der Waals surface area contributed by atoms with E-state index in [1.54, 1.807) is 18.2 Å². The summed E-state index contributed by atoms with van der Waals surface area (Å²) in [6, 6.07) is 5.21. The van der Waals surface area contributed by atoms with Crippen molar-refractivity contribution in [2.75, 3.05) is 17.6 Å². The molecule has 0 unspecified atom stereocenters. The van der Waals surface area contributed by atoms with Crippen molar-refractivity contribution in [1.82, 2.24) is 4.98 Å². The highest BCUT2D eigenvalue weighted by Crippen LogP contribution is 2.28. The van der Waals surface area contributed by atoms with E-state index in [2.05, 4.69) is 10.3 Å². The molecule has 17 heavy (non-hydrogen) atoms. The van der Waals surface area contributed by atoms with Gasteiger partial charge in [0.15, 0.2) is 5.13 Å². The summed E-state index contributed by atoms with van der Waals surface area (Å²) in [5, 5.41) is 3.14. The third-order valence-electron chi connectivity index (χ3n) is 2.10. The fraction of sp³-hybridized carbons (Fsp3) is 0.300. The number of nitrogens with zero attached hydrogens (tertiary/aromatic N) is 1. The molecule has 2 rings (SSSR count). The molecular weight excluding hydrogens is 251 g/mol. The topological polar surface area (TPSA) is 50.9 Å². The van der Waals surface area contributed by atoms with Gasteiger partial charge < -0.3 is 11.1 Å². The number of alkyl halides is 3. The van der Waals surface area contributed by atoms with Crippen LogP contribution in [0.5, 0.6) is 0 Å². The molecule has 0 bridgehead atoms. The van der Waals surface area contributed by atoms with Gasteiger partial charge in [-0.25, -0.2) is 4.98 Å². The molecule has 0 atom stereocenters. The molecule has 1 aromatic carbocycles. The number of hydrogen-bond acceptors (Lipinski definition) is 4. The van der Waals surface area contributed by atoms with Gasteiger partial charge in [-0.1, -0.05) is 11.3 Å². The normalized spacial score (nSPS) is 11.9. The summed E-state index contributed by atoms with van der Waals surface area (Å²) in [4.78, 5) is 4.16. The van der Waals surface area contributed by atoms with Crippen LogP contribution in [0.3, 0.4) is 0 Å². The number of thiazole rings is 1. The Morgan fingerprint density at radius 2 is 2.12 bits per heavy atom. The van der Waals surface area contributed by atoms with Crippen molar-refractivity contribution in [2.24, 2.45) is 0 Å². The molecule has 0 saturated heterocycles. The maximum Gasteiger partial charge on any atom is 0.390 e. The zero-order valence-electron chi connectivity index (χ0n) is 8.71. The summed E-state index contributed by atoms with van der Waals surface area (Å²) >= 11 is 1.29. The lowest BCUT2D eigenvalue weighted by atomic mass is 10.3. The van der Waals surface area contributed by atoms with Crippen molar-refractivity contribution in [1.29, 1.82) is 0 Å². The number of nitrogens with two attached hydrogens (primary N) is 1. The number of rotatable bonds is 3. The highest BCUT2D eigenvalue weighted by atomic mass is 32.1. The number of anilines is 2. The third-order valence-corrected chi connectivity index (χ3v) is 3.07. The van der Waals surface area contributed by atoms with E-state index >= 15 is 0 Å². The number of fused-ring (bicyclic) bond motifs is 1. The number of hydrogen-bond donors (Lipinski definition) is 2. The van der Waals surface area contributed by atoms with E-state index in [-0.39, 0.29) is 6.54 Å². The van der Waals surface area contributed by atoms with Crippen LogP contribution in [0.25, 0.3) is 10.2 Å². The Bertz CT molecular complexity index is 521. The van der Waals surface area contributed by atoms with Crippen LogP contribution in [0.2, 0.25) is 0 Å². The summed E-state index contributed by atoms with van der Waals surface area (Å²) in [6.07, 6.45) is -5.01. The van der Waals surface area contributed by atoms with Crippen LogP contribution in [0, 0.1) is 0 Å². The highest BCUT2D eigenvalue weighted by molar-refractivity contribution is 7.22. The standard InChI is InChI=1S/C10H10F3N3S/c11-10(12,13)3-4-15-9-16-7-2-1-6(14)5-8(7)17-9/h1-2,5H,3-4,14H2,(H,15,16). The molecule has 0 aliphatic heterocycles. The molecule has 0 amide bonds. The largest absolute Gasteiger partial charge is 0.399 e. The molecule has 1 heterocycles. The minimum atomic E-state index is -4.14. The van der Waals surface area contributed by atoms with Gasteiger partial charge in [0.05, 0.1) is 16.6 Å². The fourth-order valence-corrected chi connectivity index (χ4v) is 2.27. The maximum atomic E-state index is 11.9. The van der Waals surface area contributed by atoms with Crippen LogP contribution in [0.15, 0.2) is 18.2 Å². The van der Waals surface area contributed by atoms with Crippen LogP contribution < -0.4 is 11.1 Å². The minimum absolute atomic E-state index is 0.168. The van der Waals surface area contributed by atoms with Crippen LogP contribution >= 0.6 is 11.3 Å². The van der Waals surface area contributed by atoms with Crippen molar-refractivity contribution < 1.29 is 13.2 Å². The molecule has 1 aromatic heterocycles. The van der Waals surface area contributed by atoms with E-state index in [9.17, 15) is 13.2 Å². The van der Waals surface area contributed by atoms with E-state index in [1.165, 1.54) is 11.3 Å². The van der Waals surface area contributed by atoms with Gasteiger partial charge in [-0.2, -0.15) is 13.2 Å². The van der Waals surface area contributed by atoms with Gasteiger partial charge in [-0.05, 0) is 18.2 Å². The maximum absolute atomic E-state index is 11.9. The molecular formula is C10H10F3N3S. The average Bonchev–Trinajstić information content (AvgIpc) is 2.57. The van der Waals surface area contributed by atoms with Crippen LogP contribution in [0.1, 0.15) is 6.42 Å². The smallest absolute Gasteiger partial charge is 0.390 e. The number of nitrogen functional groups attached to an aromatic ring is 1. The molecule has 0 spiro atoms. The number of nitrogens with one attached hydrogen (secondary N) is 1. The number of halogens is 3. The van der Waals surface area contributed by atoms with Crippen molar-refractivity contribution in [3.8, 4) is 0 Å². The van der Waals surface area contributed by atoms with Gasteiger partial charge in [0.1, 0.15) is 0 Å². The lowest BCUT2D eigenvalue weighted by Gasteiger charge is -2.05. The SMILES string of the molecule is Nc1ccc2nc(NCCC(F)(F)F)sc2c1. The van der Waals surface area contributed by atoms with E-state index in [0.29, 0.717) is 10.8 Å². The molecule has 3 N–H and O–H groups in total. The Labute approximate surface area is 99.5 Å². The fourth-order valence-electron chi connectivity index (χ4n) is 1.33. The molecule has 0 aliphatic carbocycles. The Hall–Kier alpha value is -1.50.